The van der Waals surface area contributed by atoms with Crippen LogP contribution in [0, 0.1) is 0 Å². The molecule has 104 valence electrons. The zero-order valence-electron chi connectivity index (χ0n) is 11.2. The van der Waals surface area contributed by atoms with Crippen molar-refractivity contribution in [3.8, 4) is 0 Å². The van der Waals surface area contributed by atoms with E-state index < -0.39 is 5.97 Å². The average Bonchev–Trinajstić information content (AvgIpc) is 2.38. The van der Waals surface area contributed by atoms with E-state index in [1.807, 2.05) is 13.8 Å². The zero-order chi connectivity index (χ0) is 14.3. The van der Waals surface area contributed by atoms with Gasteiger partial charge < -0.3 is 15.3 Å². The zero-order valence-corrected chi connectivity index (χ0v) is 11.2. The number of pyridine rings is 1. The number of carboxylic acid groups (broad SMARTS) is 1. The van der Waals surface area contributed by atoms with Crippen LogP contribution in [-0.2, 0) is 4.79 Å². The van der Waals surface area contributed by atoms with Crippen LogP contribution in [0.4, 0.5) is 5.69 Å². The van der Waals surface area contributed by atoms with Gasteiger partial charge in [-0.25, -0.2) is 0 Å². The quantitative estimate of drug-likeness (QED) is 0.772. The molecule has 0 radical (unpaired) electrons. The Bertz CT molecular complexity index is 449. The minimum absolute atomic E-state index is 0.0906. The Morgan fingerprint density at radius 1 is 1.42 bits per heavy atom. The van der Waals surface area contributed by atoms with Gasteiger partial charge in [0.15, 0.2) is 0 Å². The molecule has 0 spiro atoms. The molecular weight excluding hydrogens is 246 g/mol. The summed E-state index contributed by atoms with van der Waals surface area (Å²) in [5, 5.41) is 11.6. The van der Waals surface area contributed by atoms with Gasteiger partial charge >= 0.3 is 5.97 Å². The standard InChI is InChI=1S/C13H19N3O3/c1-3-7-16(9-12(17)18)10-5-6-15-11(8-10)13(19)14-4-2/h5-6,8H,3-4,7,9H2,1-2H3,(H,14,19)(H,17,18). The fourth-order valence-electron chi connectivity index (χ4n) is 1.72. The number of hydrogen-bond donors (Lipinski definition) is 2. The van der Waals surface area contributed by atoms with E-state index in [2.05, 4.69) is 10.3 Å². The molecule has 1 amide bonds. The summed E-state index contributed by atoms with van der Waals surface area (Å²) in [7, 11) is 0. The Morgan fingerprint density at radius 2 is 2.16 bits per heavy atom. The molecule has 1 heterocycles. The number of carboxylic acids is 1. The minimum atomic E-state index is -0.898. The average molecular weight is 265 g/mol. The maximum atomic E-state index is 11.7. The lowest BCUT2D eigenvalue weighted by atomic mass is 10.2. The highest BCUT2D eigenvalue weighted by Gasteiger charge is 2.13. The molecule has 0 saturated heterocycles. The first-order valence-corrected chi connectivity index (χ1v) is 6.29. The van der Waals surface area contributed by atoms with Gasteiger partial charge in [-0.2, -0.15) is 0 Å². The summed E-state index contributed by atoms with van der Waals surface area (Å²) in [6.07, 6.45) is 2.34. The Kier molecular flexibility index (Phi) is 5.78. The van der Waals surface area contributed by atoms with E-state index in [4.69, 9.17) is 5.11 Å². The van der Waals surface area contributed by atoms with Crippen LogP contribution in [0.5, 0.6) is 0 Å². The first kappa shape index (κ1) is 14.9. The largest absolute Gasteiger partial charge is 0.480 e. The van der Waals surface area contributed by atoms with Crippen molar-refractivity contribution in [1.29, 1.82) is 0 Å². The number of carbonyl (C=O) groups is 2. The molecule has 0 aromatic carbocycles. The van der Waals surface area contributed by atoms with E-state index in [9.17, 15) is 9.59 Å². The number of nitrogens with zero attached hydrogens (tertiary/aromatic N) is 2. The van der Waals surface area contributed by atoms with Gasteiger partial charge in [0, 0.05) is 25.0 Å². The summed E-state index contributed by atoms with van der Waals surface area (Å²) in [6, 6.07) is 3.32. The summed E-state index contributed by atoms with van der Waals surface area (Å²) >= 11 is 0. The lowest BCUT2D eigenvalue weighted by Gasteiger charge is -2.22. The van der Waals surface area contributed by atoms with Crippen molar-refractivity contribution in [2.75, 3.05) is 24.5 Å². The normalized spacial score (nSPS) is 10.0. The van der Waals surface area contributed by atoms with Gasteiger partial charge in [0.05, 0.1) is 0 Å². The van der Waals surface area contributed by atoms with Gasteiger partial charge in [0.2, 0.25) is 0 Å². The number of aromatic nitrogens is 1. The van der Waals surface area contributed by atoms with Crippen LogP contribution in [-0.4, -0.2) is 41.6 Å². The first-order chi connectivity index (χ1) is 9.08. The third-order valence-electron chi connectivity index (χ3n) is 2.50. The summed E-state index contributed by atoms with van der Waals surface area (Å²) in [5.74, 6) is -1.15. The number of hydrogen-bond acceptors (Lipinski definition) is 4. The highest BCUT2D eigenvalue weighted by Crippen LogP contribution is 2.15. The number of anilines is 1. The number of amides is 1. The fourth-order valence-corrected chi connectivity index (χ4v) is 1.72. The second kappa shape index (κ2) is 7.35. The third-order valence-corrected chi connectivity index (χ3v) is 2.50. The fraction of sp³-hybridized carbons (Fsp3) is 0.462. The predicted octanol–water partition coefficient (Wildman–Crippen LogP) is 1.13. The second-order valence-electron chi connectivity index (χ2n) is 4.07. The molecule has 0 atom stereocenters. The van der Waals surface area contributed by atoms with E-state index in [0.29, 0.717) is 24.5 Å². The Hall–Kier alpha value is -2.11. The van der Waals surface area contributed by atoms with Gasteiger partial charge in [-0.3, -0.25) is 14.6 Å². The summed E-state index contributed by atoms with van der Waals surface area (Å²) in [5.41, 5.74) is 0.992. The van der Waals surface area contributed by atoms with E-state index in [-0.39, 0.29) is 12.5 Å². The molecule has 2 N–H and O–H groups in total. The molecule has 0 unspecified atom stereocenters. The maximum absolute atomic E-state index is 11.7. The van der Waals surface area contributed by atoms with Crippen LogP contribution in [0.25, 0.3) is 0 Å². The van der Waals surface area contributed by atoms with Gasteiger partial charge in [0.1, 0.15) is 12.2 Å². The number of rotatable bonds is 7. The van der Waals surface area contributed by atoms with Gasteiger partial charge in [-0.05, 0) is 25.5 Å². The van der Waals surface area contributed by atoms with Crippen molar-refractivity contribution in [1.82, 2.24) is 10.3 Å². The van der Waals surface area contributed by atoms with Crippen LogP contribution in [0.2, 0.25) is 0 Å². The minimum Gasteiger partial charge on any atom is -0.480 e. The van der Waals surface area contributed by atoms with Crippen LogP contribution in [0.15, 0.2) is 18.3 Å². The molecule has 0 fully saturated rings. The predicted molar refractivity (Wildman–Crippen MR) is 72.4 cm³/mol. The molecule has 0 aliphatic rings. The van der Waals surface area contributed by atoms with Gasteiger partial charge in [0.25, 0.3) is 5.91 Å². The summed E-state index contributed by atoms with van der Waals surface area (Å²) < 4.78 is 0. The van der Waals surface area contributed by atoms with Gasteiger partial charge in [-0.1, -0.05) is 6.92 Å². The Labute approximate surface area is 112 Å². The van der Waals surface area contributed by atoms with Crippen molar-refractivity contribution >= 4 is 17.6 Å². The highest BCUT2D eigenvalue weighted by molar-refractivity contribution is 5.93. The van der Waals surface area contributed by atoms with E-state index in [0.717, 1.165) is 6.42 Å². The van der Waals surface area contributed by atoms with Crippen LogP contribution in [0.1, 0.15) is 30.8 Å². The smallest absolute Gasteiger partial charge is 0.323 e. The number of nitrogens with one attached hydrogen (secondary N) is 1. The second-order valence-corrected chi connectivity index (χ2v) is 4.07. The lowest BCUT2D eigenvalue weighted by Crippen LogP contribution is -2.31. The third kappa shape index (κ3) is 4.57. The Balaban J connectivity index is 2.93. The Morgan fingerprint density at radius 3 is 2.74 bits per heavy atom. The van der Waals surface area contributed by atoms with Crippen molar-refractivity contribution in [3.05, 3.63) is 24.0 Å². The molecule has 0 aliphatic heterocycles. The summed E-state index contributed by atoms with van der Waals surface area (Å²) in [6.45, 7) is 4.85. The molecular formula is C13H19N3O3. The molecule has 0 aliphatic carbocycles. The van der Waals surface area contributed by atoms with Crippen molar-refractivity contribution in [2.45, 2.75) is 20.3 Å². The van der Waals surface area contributed by atoms with E-state index >= 15 is 0 Å². The van der Waals surface area contributed by atoms with Crippen LogP contribution >= 0.6 is 0 Å². The molecule has 0 bridgehead atoms. The monoisotopic (exact) mass is 265 g/mol. The molecule has 1 rings (SSSR count). The van der Waals surface area contributed by atoms with Gasteiger partial charge in [-0.15, -0.1) is 0 Å². The van der Waals surface area contributed by atoms with Crippen molar-refractivity contribution in [2.24, 2.45) is 0 Å². The molecule has 6 nitrogen and oxygen atoms in total. The first-order valence-electron chi connectivity index (χ1n) is 6.29. The lowest BCUT2D eigenvalue weighted by molar-refractivity contribution is -0.135. The molecule has 6 heteroatoms. The van der Waals surface area contributed by atoms with Crippen molar-refractivity contribution in [3.63, 3.8) is 0 Å². The van der Waals surface area contributed by atoms with Crippen LogP contribution in [0.3, 0.4) is 0 Å². The molecule has 19 heavy (non-hydrogen) atoms. The molecule has 1 aromatic rings. The van der Waals surface area contributed by atoms with E-state index in [1.54, 1.807) is 17.0 Å². The highest BCUT2D eigenvalue weighted by atomic mass is 16.4. The number of aliphatic carboxylic acids is 1. The maximum Gasteiger partial charge on any atom is 0.323 e. The molecule has 0 saturated carbocycles. The topological polar surface area (TPSA) is 82.5 Å². The van der Waals surface area contributed by atoms with E-state index in [1.165, 1.54) is 6.20 Å². The SMILES string of the molecule is CCCN(CC(=O)O)c1ccnc(C(=O)NCC)c1. The summed E-state index contributed by atoms with van der Waals surface area (Å²) in [4.78, 5) is 28.2. The number of carbonyl (C=O) groups excluding carboxylic acids is 1. The van der Waals surface area contributed by atoms with Crippen LogP contribution < -0.4 is 10.2 Å². The van der Waals surface area contributed by atoms with Crippen molar-refractivity contribution < 1.29 is 14.7 Å². The molecule has 1 aromatic heterocycles.